The highest BCUT2D eigenvalue weighted by atomic mass is 79.9. The van der Waals surface area contributed by atoms with Crippen molar-refractivity contribution in [1.82, 2.24) is 10.2 Å². The molecule has 1 heterocycles. The summed E-state index contributed by atoms with van der Waals surface area (Å²) in [6, 6.07) is 6.12. The van der Waals surface area contributed by atoms with Crippen molar-refractivity contribution in [2.75, 3.05) is 17.2 Å². The zero-order chi connectivity index (χ0) is 15.4. The van der Waals surface area contributed by atoms with Gasteiger partial charge in [-0.25, -0.2) is 4.39 Å². The fraction of sp³-hybridized carbons (Fsp3) is 0.214. The first kappa shape index (κ1) is 15.4. The predicted molar refractivity (Wildman–Crippen MR) is 83.0 cm³/mol. The summed E-state index contributed by atoms with van der Waals surface area (Å²) in [5, 5.41) is 13.4. The minimum atomic E-state index is -0.396. The van der Waals surface area contributed by atoms with Crippen molar-refractivity contribution in [3.05, 3.63) is 45.8 Å². The van der Waals surface area contributed by atoms with Crippen LogP contribution in [-0.4, -0.2) is 22.6 Å². The second-order valence-corrected chi connectivity index (χ2v) is 5.22. The quantitative estimate of drug-likeness (QED) is 0.885. The molecule has 1 amide bonds. The van der Waals surface area contributed by atoms with Crippen LogP contribution in [-0.2, 0) is 0 Å². The number of carbonyl (C=O) groups excluding carboxylic acids is 1. The van der Waals surface area contributed by atoms with Gasteiger partial charge in [0.1, 0.15) is 11.6 Å². The summed E-state index contributed by atoms with van der Waals surface area (Å²) < 4.78 is 13.6. The minimum absolute atomic E-state index is 0.191. The third-order valence-electron chi connectivity index (χ3n) is 2.77. The van der Waals surface area contributed by atoms with E-state index in [1.54, 1.807) is 19.1 Å². The van der Waals surface area contributed by atoms with E-state index in [9.17, 15) is 9.18 Å². The molecule has 110 valence electrons. The Morgan fingerprint density at radius 3 is 2.71 bits per heavy atom. The number of amides is 1. The van der Waals surface area contributed by atoms with Crippen LogP contribution in [0.25, 0.3) is 0 Å². The lowest BCUT2D eigenvalue weighted by molar-refractivity contribution is 0.102. The van der Waals surface area contributed by atoms with Crippen LogP contribution in [0.1, 0.15) is 23.0 Å². The number of aryl methyl sites for hydroxylation is 1. The van der Waals surface area contributed by atoms with Gasteiger partial charge in [0.25, 0.3) is 5.91 Å². The molecule has 7 heteroatoms. The molecule has 0 aliphatic heterocycles. The molecule has 21 heavy (non-hydrogen) atoms. The van der Waals surface area contributed by atoms with E-state index in [0.717, 1.165) is 6.54 Å². The van der Waals surface area contributed by atoms with Crippen molar-refractivity contribution >= 4 is 33.3 Å². The second-order valence-electron chi connectivity index (χ2n) is 4.37. The van der Waals surface area contributed by atoms with E-state index in [0.29, 0.717) is 17.1 Å². The smallest absolute Gasteiger partial charge is 0.276 e. The molecule has 0 saturated carbocycles. The Balaban J connectivity index is 2.16. The topological polar surface area (TPSA) is 66.9 Å². The van der Waals surface area contributed by atoms with Gasteiger partial charge in [-0.15, -0.1) is 10.2 Å². The van der Waals surface area contributed by atoms with Crippen molar-refractivity contribution in [2.45, 2.75) is 13.8 Å². The second kappa shape index (κ2) is 6.62. The minimum Gasteiger partial charge on any atom is -0.369 e. The van der Waals surface area contributed by atoms with E-state index < -0.39 is 5.91 Å². The summed E-state index contributed by atoms with van der Waals surface area (Å²) in [7, 11) is 0. The highest BCUT2D eigenvalue weighted by molar-refractivity contribution is 9.10. The summed E-state index contributed by atoms with van der Waals surface area (Å²) in [5.41, 5.74) is 1.34. The summed E-state index contributed by atoms with van der Waals surface area (Å²) in [6.07, 6.45) is 0. The summed E-state index contributed by atoms with van der Waals surface area (Å²) in [5.74, 6) is -0.165. The predicted octanol–water partition coefficient (Wildman–Crippen LogP) is 3.37. The average molecular weight is 353 g/mol. The van der Waals surface area contributed by atoms with Crippen LogP contribution in [0.5, 0.6) is 0 Å². The molecular weight excluding hydrogens is 339 g/mol. The summed E-state index contributed by atoms with van der Waals surface area (Å²) >= 11 is 3.09. The van der Waals surface area contributed by atoms with Gasteiger partial charge >= 0.3 is 0 Å². The van der Waals surface area contributed by atoms with Gasteiger partial charge in [-0.1, -0.05) is 0 Å². The molecule has 5 nitrogen and oxygen atoms in total. The Hall–Kier alpha value is -2.02. The molecule has 0 aliphatic carbocycles. The molecule has 0 fully saturated rings. The van der Waals surface area contributed by atoms with Crippen molar-refractivity contribution in [3.8, 4) is 0 Å². The van der Waals surface area contributed by atoms with Gasteiger partial charge in [-0.3, -0.25) is 4.79 Å². The Kier molecular flexibility index (Phi) is 4.85. The van der Waals surface area contributed by atoms with Gasteiger partial charge in [0, 0.05) is 12.2 Å². The Bertz CT molecular complexity index is 661. The number of halogens is 2. The van der Waals surface area contributed by atoms with Crippen molar-refractivity contribution in [2.24, 2.45) is 0 Å². The molecule has 1 aromatic carbocycles. The highest BCUT2D eigenvalue weighted by Crippen LogP contribution is 2.24. The maximum Gasteiger partial charge on any atom is 0.276 e. The molecule has 0 atom stereocenters. The number of nitrogens with one attached hydrogen (secondary N) is 2. The maximum absolute atomic E-state index is 13.3. The van der Waals surface area contributed by atoms with Crippen LogP contribution >= 0.6 is 15.9 Å². The number of carbonyl (C=O) groups is 1. The molecule has 2 N–H and O–H groups in total. The number of anilines is 2. The van der Waals surface area contributed by atoms with E-state index >= 15 is 0 Å². The fourth-order valence-electron chi connectivity index (χ4n) is 1.70. The molecule has 0 saturated heterocycles. The van der Waals surface area contributed by atoms with E-state index in [1.807, 2.05) is 6.92 Å². The number of benzene rings is 1. The molecule has 0 radical (unpaired) electrons. The van der Waals surface area contributed by atoms with Crippen LogP contribution in [0.15, 0.2) is 28.7 Å². The number of rotatable bonds is 4. The average Bonchev–Trinajstić information content (AvgIpc) is 2.46. The Morgan fingerprint density at radius 2 is 2.10 bits per heavy atom. The van der Waals surface area contributed by atoms with E-state index in [2.05, 4.69) is 36.8 Å². The molecule has 0 unspecified atom stereocenters. The van der Waals surface area contributed by atoms with Crippen molar-refractivity contribution < 1.29 is 9.18 Å². The van der Waals surface area contributed by atoms with Gasteiger partial charge in [0.15, 0.2) is 5.69 Å². The Morgan fingerprint density at radius 1 is 1.33 bits per heavy atom. The van der Waals surface area contributed by atoms with Crippen LogP contribution in [0.3, 0.4) is 0 Å². The van der Waals surface area contributed by atoms with E-state index in [1.165, 1.54) is 12.1 Å². The van der Waals surface area contributed by atoms with E-state index in [-0.39, 0.29) is 16.0 Å². The maximum atomic E-state index is 13.3. The highest BCUT2D eigenvalue weighted by Gasteiger charge is 2.12. The normalized spacial score (nSPS) is 10.3. The molecule has 2 rings (SSSR count). The van der Waals surface area contributed by atoms with Gasteiger partial charge in [-0.05, 0) is 59.6 Å². The first-order chi connectivity index (χ1) is 10.0. The van der Waals surface area contributed by atoms with Crippen LogP contribution in [0.2, 0.25) is 0 Å². The Labute approximate surface area is 130 Å². The van der Waals surface area contributed by atoms with E-state index in [4.69, 9.17) is 0 Å². The summed E-state index contributed by atoms with van der Waals surface area (Å²) in [4.78, 5) is 12.1. The van der Waals surface area contributed by atoms with Crippen molar-refractivity contribution in [1.29, 1.82) is 0 Å². The monoisotopic (exact) mass is 352 g/mol. The standard InChI is InChI=1S/C14H14BrFN4O/c1-3-17-13-5-4-11(19-20-13)14(21)18-12-7-9(15)10(16)6-8(12)2/h4-7H,3H2,1-2H3,(H,17,20)(H,18,21). The van der Waals surface area contributed by atoms with Gasteiger partial charge < -0.3 is 10.6 Å². The fourth-order valence-corrected chi connectivity index (χ4v) is 2.04. The zero-order valence-corrected chi connectivity index (χ0v) is 13.2. The summed E-state index contributed by atoms with van der Waals surface area (Å²) in [6.45, 7) is 4.38. The lowest BCUT2D eigenvalue weighted by Gasteiger charge is -2.09. The van der Waals surface area contributed by atoms with Crippen LogP contribution < -0.4 is 10.6 Å². The molecule has 1 aromatic heterocycles. The molecule has 0 spiro atoms. The third-order valence-corrected chi connectivity index (χ3v) is 3.38. The SMILES string of the molecule is CCNc1ccc(C(=O)Nc2cc(Br)c(F)cc2C)nn1. The molecular formula is C14H14BrFN4O. The number of aromatic nitrogens is 2. The first-order valence-electron chi connectivity index (χ1n) is 6.36. The van der Waals surface area contributed by atoms with Crippen LogP contribution in [0.4, 0.5) is 15.9 Å². The molecule has 2 aromatic rings. The lowest BCUT2D eigenvalue weighted by atomic mass is 10.2. The number of nitrogens with zero attached hydrogens (tertiary/aromatic N) is 2. The van der Waals surface area contributed by atoms with Gasteiger partial charge in [0.05, 0.1) is 4.47 Å². The van der Waals surface area contributed by atoms with Gasteiger partial charge in [0.2, 0.25) is 0 Å². The molecule has 0 aliphatic rings. The van der Waals surface area contributed by atoms with Crippen LogP contribution in [0, 0.1) is 12.7 Å². The third kappa shape index (κ3) is 3.75. The van der Waals surface area contributed by atoms with Crippen molar-refractivity contribution in [3.63, 3.8) is 0 Å². The number of hydrogen-bond acceptors (Lipinski definition) is 4. The van der Waals surface area contributed by atoms with Gasteiger partial charge in [-0.2, -0.15) is 0 Å². The largest absolute Gasteiger partial charge is 0.369 e. The first-order valence-corrected chi connectivity index (χ1v) is 7.15. The lowest BCUT2D eigenvalue weighted by Crippen LogP contribution is -2.15. The zero-order valence-electron chi connectivity index (χ0n) is 11.6. The number of hydrogen-bond donors (Lipinski definition) is 2. The molecule has 0 bridgehead atoms.